The van der Waals surface area contributed by atoms with Crippen molar-refractivity contribution < 1.29 is 8.63 Å². The van der Waals surface area contributed by atoms with Crippen LogP contribution in [0.4, 0.5) is 8.63 Å². The van der Waals surface area contributed by atoms with E-state index in [1.807, 2.05) is 6.07 Å². The molecule has 2 unspecified atom stereocenters. The van der Waals surface area contributed by atoms with Crippen molar-refractivity contribution in [1.29, 1.82) is 0 Å². The Hall–Kier alpha value is -1.43. The molecule has 0 radical (unpaired) electrons. The molecule has 0 N–H and O–H groups in total. The summed E-state index contributed by atoms with van der Waals surface area (Å²) < 4.78 is 28.1. The second-order valence-corrected chi connectivity index (χ2v) is 7.31. The monoisotopic (exact) mass is 315 g/mol. The van der Waals surface area contributed by atoms with Crippen LogP contribution in [0.5, 0.6) is 0 Å². The maximum atomic E-state index is 12.9. The van der Waals surface area contributed by atoms with Gasteiger partial charge in [0.2, 0.25) is 0 Å². The third-order valence-electron chi connectivity index (χ3n) is 6.09. The molecule has 2 atom stereocenters. The van der Waals surface area contributed by atoms with Crippen LogP contribution in [0.1, 0.15) is 37.9 Å². The highest BCUT2D eigenvalue weighted by molar-refractivity contribution is 6.60. The molecule has 120 valence electrons. The molecule has 3 aliphatic rings. The summed E-state index contributed by atoms with van der Waals surface area (Å²) in [5.41, 5.74) is 1.82. The SMILES string of the molecule is FB(F)c1ccc2c(c1)nc1n2CC2CCC(C1)N2C1CCC1. The molecule has 1 saturated heterocycles. The molecule has 23 heavy (non-hydrogen) atoms. The number of fused-ring (bicyclic) bond motifs is 5. The summed E-state index contributed by atoms with van der Waals surface area (Å²) in [5.74, 6) is 1.09. The predicted molar refractivity (Wildman–Crippen MR) is 87.3 cm³/mol. The van der Waals surface area contributed by atoms with Crippen molar-refractivity contribution in [1.82, 2.24) is 14.5 Å². The lowest BCUT2D eigenvalue weighted by Crippen LogP contribution is -2.48. The van der Waals surface area contributed by atoms with Gasteiger partial charge in [0.25, 0.3) is 0 Å². The van der Waals surface area contributed by atoms with E-state index in [2.05, 4.69) is 9.47 Å². The molecule has 2 aliphatic heterocycles. The fourth-order valence-corrected chi connectivity index (χ4v) is 4.77. The molecule has 2 fully saturated rings. The molecule has 2 aromatic rings. The highest BCUT2D eigenvalue weighted by Crippen LogP contribution is 2.39. The average Bonchev–Trinajstić information content (AvgIpc) is 2.95. The summed E-state index contributed by atoms with van der Waals surface area (Å²) >= 11 is 0. The first kappa shape index (κ1) is 14.0. The zero-order valence-electron chi connectivity index (χ0n) is 13.1. The minimum Gasteiger partial charge on any atom is -0.326 e. The van der Waals surface area contributed by atoms with E-state index in [1.165, 1.54) is 32.1 Å². The largest absolute Gasteiger partial charge is 0.572 e. The van der Waals surface area contributed by atoms with Gasteiger partial charge >= 0.3 is 7.27 Å². The van der Waals surface area contributed by atoms with Gasteiger partial charge in [-0.2, -0.15) is 0 Å². The van der Waals surface area contributed by atoms with E-state index >= 15 is 0 Å². The van der Waals surface area contributed by atoms with E-state index < -0.39 is 7.27 Å². The molecule has 5 rings (SSSR count). The Balaban J connectivity index is 1.55. The number of hydrogen-bond donors (Lipinski definition) is 0. The molecule has 3 heterocycles. The first-order chi connectivity index (χ1) is 11.2. The van der Waals surface area contributed by atoms with Crippen LogP contribution in [0.25, 0.3) is 11.0 Å². The van der Waals surface area contributed by atoms with Gasteiger partial charge in [0, 0.05) is 31.1 Å². The standard InChI is InChI=1S/C17H20BF2N3/c19-18(20)11-4-7-16-15(8-11)21-17-9-13-5-6-14(10-22(16)17)23(13)12-2-1-3-12/h4,7-8,12-14H,1-3,5-6,9-10H2. The van der Waals surface area contributed by atoms with Crippen molar-refractivity contribution in [2.45, 2.75) is 63.2 Å². The van der Waals surface area contributed by atoms with E-state index in [0.717, 1.165) is 35.9 Å². The zero-order valence-corrected chi connectivity index (χ0v) is 13.1. The van der Waals surface area contributed by atoms with Crippen LogP contribution < -0.4 is 5.46 Å². The van der Waals surface area contributed by atoms with Crippen LogP contribution >= 0.6 is 0 Å². The minimum absolute atomic E-state index is 0.0739. The van der Waals surface area contributed by atoms with Crippen LogP contribution in [0.15, 0.2) is 18.2 Å². The summed E-state index contributed by atoms with van der Waals surface area (Å²) in [4.78, 5) is 7.48. The number of aromatic nitrogens is 2. The second kappa shape index (κ2) is 5.03. The second-order valence-electron chi connectivity index (χ2n) is 7.31. The lowest BCUT2D eigenvalue weighted by molar-refractivity contribution is 0.0739. The third kappa shape index (κ3) is 2.07. The summed E-state index contributed by atoms with van der Waals surface area (Å²) in [7, 11) is -2.42. The van der Waals surface area contributed by atoms with Crippen LogP contribution in [0.2, 0.25) is 0 Å². The molecule has 1 saturated carbocycles. The summed E-state index contributed by atoms with van der Waals surface area (Å²) in [6.45, 7) is 0.965. The quantitative estimate of drug-likeness (QED) is 0.795. The first-order valence-corrected chi connectivity index (χ1v) is 8.75. The molecular formula is C17H20BF2N3. The number of benzene rings is 1. The number of hydrogen-bond acceptors (Lipinski definition) is 2. The lowest BCUT2D eigenvalue weighted by Gasteiger charge is -2.41. The molecule has 1 aromatic carbocycles. The van der Waals surface area contributed by atoms with Crippen LogP contribution in [-0.2, 0) is 13.0 Å². The van der Waals surface area contributed by atoms with E-state index in [0.29, 0.717) is 12.1 Å². The molecule has 3 nitrogen and oxygen atoms in total. The number of rotatable bonds is 2. The van der Waals surface area contributed by atoms with Crippen molar-refractivity contribution in [3.05, 3.63) is 24.0 Å². The Bertz CT molecular complexity index is 756. The molecule has 2 bridgehead atoms. The molecule has 1 aromatic heterocycles. The van der Waals surface area contributed by atoms with Crippen LogP contribution in [0.3, 0.4) is 0 Å². The predicted octanol–water partition coefficient (Wildman–Crippen LogP) is 2.61. The number of nitrogens with zero attached hydrogens (tertiary/aromatic N) is 3. The topological polar surface area (TPSA) is 21.1 Å². The normalized spacial score (nSPS) is 27.7. The highest BCUT2D eigenvalue weighted by atomic mass is 19.2. The first-order valence-electron chi connectivity index (χ1n) is 8.75. The van der Waals surface area contributed by atoms with Gasteiger partial charge in [0.15, 0.2) is 0 Å². The van der Waals surface area contributed by atoms with Gasteiger partial charge in [-0.25, -0.2) is 4.98 Å². The Morgan fingerprint density at radius 2 is 1.87 bits per heavy atom. The zero-order chi connectivity index (χ0) is 15.6. The Kier molecular flexibility index (Phi) is 3.06. The van der Waals surface area contributed by atoms with Gasteiger partial charge in [-0.05, 0) is 43.3 Å². The van der Waals surface area contributed by atoms with Crippen molar-refractivity contribution in [3.63, 3.8) is 0 Å². The molecule has 0 spiro atoms. The molecule has 6 heteroatoms. The van der Waals surface area contributed by atoms with E-state index in [9.17, 15) is 8.63 Å². The van der Waals surface area contributed by atoms with Gasteiger partial charge in [0.05, 0.1) is 11.0 Å². The summed E-state index contributed by atoms with van der Waals surface area (Å²) in [6.07, 6.45) is 7.53. The van der Waals surface area contributed by atoms with Gasteiger partial charge in [-0.15, -0.1) is 0 Å². The molecular weight excluding hydrogens is 295 g/mol. The lowest BCUT2D eigenvalue weighted by atomic mass is 9.86. The highest BCUT2D eigenvalue weighted by Gasteiger charge is 2.43. The van der Waals surface area contributed by atoms with Gasteiger partial charge in [-0.1, -0.05) is 12.5 Å². The molecule has 1 aliphatic carbocycles. The van der Waals surface area contributed by atoms with Gasteiger partial charge < -0.3 is 4.57 Å². The summed E-state index contributed by atoms with van der Waals surface area (Å²) in [6, 6.07) is 6.91. The van der Waals surface area contributed by atoms with Crippen molar-refractivity contribution in [2.24, 2.45) is 0 Å². The average molecular weight is 315 g/mol. The Morgan fingerprint density at radius 1 is 1.04 bits per heavy atom. The third-order valence-corrected chi connectivity index (χ3v) is 6.09. The van der Waals surface area contributed by atoms with E-state index in [-0.39, 0.29) is 5.46 Å². The summed E-state index contributed by atoms with van der Waals surface area (Å²) in [5, 5.41) is 0. The van der Waals surface area contributed by atoms with Crippen LogP contribution in [-0.4, -0.2) is 39.8 Å². The van der Waals surface area contributed by atoms with Crippen molar-refractivity contribution >= 4 is 23.8 Å². The number of imidazole rings is 1. The van der Waals surface area contributed by atoms with Gasteiger partial charge in [0.1, 0.15) is 5.82 Å². The van der Waals surface area contributed by atoms with E-state index in [4.69, 9.17) is 4.98 Å². The fourth-order valence-electron chi connectivity index (χ4n) is 4.77. The maximum absolute atomic E-state index is 12.9. The van der Waals surface area contributed by atoms with Gasteiger partial charge in [-0.3, -0.25) is 13.5 Å². The Labute approximate surface area is 134 Å². The molecule has 0 amide bonds. The van der Waals surface area contributed by atoms with Crippen molar-refractivity contribution in [2.75, 3.05) is 0 Å². The minimum atomic E-state index is -2.42. The fraction of sp³-hybridized carbons (Fsp3) is 0.588. The smallest absolute Gasteiger partial charge is 0.326 e. The van der Waals surface area contributed by atoms with Crippen LogP contribution in [0, 0.1) is 0 Å². The maximum Gasteiger partial charge on any atom is 0.572 e. The van der Waals surface area contributed by atoms with E-state index in [1.54, 1.807) is 12.1 Å². The van der Waals surface area contributed by atoms with Crippen molar-refractivity contribution in [3.8, 4) is 0 Å². The number of halogens is 2. The Morgan fingerprint density at radius 3 is 2.61 bits per heavy atom.